The summed E-state index contributed by atoms with van der Waals surface area (Å²) in [6.45, 7) is 5.09. The van der Waals surface area contributed by atoms with Gasteiger partial charge in [-0.15, -0.1) is 0 Å². The van der Waals surface area contributed by atoms with Crippen LogP contribution in [0.4, 0.5) is 5.82 Å². The molecule has 1 N–H and O–H groups in total. The molecule has 2 rings (SSSR count). The molecule has 4 nitrogen and oxygen atoms in total. The molecule has 104 valence electrons. The van der Waals surface area contributed by atoms with Crippen LogP contribution in [-0.4, -0.2) is 35.4 Å². The SMILES string of the molecule is CNc1ccc(Cl)c(C(=O)N2CCCC2C(C)C)n1. The van der Waals surface area contributed by atoms with Crippen LogP contribution in [0.3, 0.4) is 0 Å². The molecule has 19 heavy (non-hydrogen) atoms. The quantitative estimate of drug-likeness (QED) is 0.926. The van der Waals surface area contributed by atoms with Crippen LogP contribution in [0.25, 0.3) is 0 Å². The molecule has 1 aliphatic heterocycles. The van der Waals surface area contributed by atoms with Crippen molar-refractivity contribution in [2.75, 3.05) is 18.9 Å². The summed E-state index contributed by atoms with van der Waals surface area (Å²) >= 11 is 6.12. The lowest BCUT2D eigenvalue weighted by atomic mass is 10.0. The topological polar surface area (TPSA) is 45.2 Å². The van der Waals surface area contributed by atoms with Gasteiger partial charge in [-0.25, -0.2) is 4.98 Å². The molecule has 0 radical (unpaired) electrons. The molecular weight excluding hydrogens is 262 g/mol. The number of nitrogens with zero attached hydrogens (tertiary/aromatic N) is 2. The van der Waals surface area contributed by atoms with Crippen molar-refractivity contribution in [1.82, 2.24) is 9.88 Å². The molecule has 1 aromatic heterocycles. The van der Waals surface area contributed by atoms with Crippen LogP contribution >= 0.6 is 11.6 Å². The van der Waals surface area contributed by atoms with Crippen LogP contribution in [0.15, 0.2) is 12.1 Å². The zero-order chi connectivity index (χ0) is 14.0. The van der Waals surface area contributed by atoms with Gasteiger partial charge in [0.2, 0.25) is 0 Å². The van der Waals surface area contributed by atoms with Crippen LogP contribution in [-0.2, 0) is 0 Å². The van der Waals surface area contributed by atoms with Crippen LogP contribution in [0, 0.1) is 5.92 Å². The van der Waals surface area contributed by atoms with Crippen molar-refractivity contribution < 1.29 is 4.79 Å². The molecule has 5 heteroatoms. The number of hydrogen-bond acceptors (Lipinski definition) is 3. The minimum Gasteiger partial charge on any atom is -0.373 e. The highest BCUT2D eigenvalue weighted by Gasteiger charge is 2.32. The number of amides is 1. The number of hydrogen-bond donors (Lipinski definition) is 1. The largest absolute Gasteiger partial charge is 0.373 e. The summed E-state index contributed by atoms with van der Waals surface area (Å²) in [6, 6.07) is 3.78. The Balaban J connectivity index is 2.28. The summed E-state index contributed by atoms with van der Waals surface area (Å²) in [6.07, 6.45) is 2.12. The summed E-state index contributed by atoms with van der Waals surface area (Å²) in [7, 11) is 1.78. The van der Waals surface area contributed by atoms with Crippen molar-refractivity contribution in [2.24, 2.45) is 5.92 Å². The second kappa shape index (κ2) is 5.78. The van der Waals surface area contributed by atoms with E-state index >= 15 is 0 Å². The molecule has 2 heterocycles. The second-order valence-corrected chi connectivity index (χ2v) is 5.64. The molecule has 0 spiro atoms. The Morgan fingerprint density at radius 1 is 1.53 bits per heavy atom. The second-order valence-electron chi connectivity index (χ2n) is 5.23. The van der Waals surface area contributed by atoms with Gasteiger partial charge in [0.25, 0.3) is 5.91 Å². The third-order valence-corrected chi connectivity index (χ3v) is 3.94. The first-order chi connectivity index (χ1) is 9.04. The van der Waals surface area contributed by atoms with Crippen molar-refractivity contribution >= 4 is 23.3 Å². The molecular formula is C14H20ClN3O. The van der Waals surface area contributed by atoms with E-state index in [0.29, 0.717) is 28.5 Å². The Labute approximate surface area is 119 Å². The lowest BCUT2D eigenvalue weighted by Crippen LogP contribution is -2.39. The molecule has 0 aliphatic carbocycles. The number of carbonyl (C=O) groups excluding carboxylic acids is 1. The number of rotatable bonds is 3. The minimum atomic E-state index is -0.0571. The molecule has 1 atom stereocenters. The first kappa shape index (κ1) is 14.1. The van der Waals surface area contributed by atoms with E-state index in [1.807, 2.05) is 4.90 Å². The first-order valence-corrected chi connectivity index (χ1v) is 7.07. The maximum atomic E-state index is 12.6. The van der Waals surface area contributed by atoms with Crippen LogP contribution in [0.1, 0.15) is 37.2 Å². The van der Waals surface area contributed by atoms with E-state index < -0.39 is 0 Å². The number of nitrogens with one attached hydrogen (secondary N) is 1. The predicted molar refractivity (Wildman–Crippen MR) is 77.7 cm³/mol. The zero-order valence-electron chi connectivity index (χ0n) is 11.6. The van der Waals surface area contributed by atoms with Crippen molar-refractivity contribution in [3.63, 3.8) is 0 Å². The third kappa shape index (κ3) is 2.84. The molecule has 0 aromatic carbocycles. The molecule has 0 saturated carbocycles. The Morgan fingerprint density at radius 3 is 2.89 bits per heavy atom. The fourth-order valence-corrected chi connectivity index (χ4v) is 2.79. The molecule has 1 amide bonds. The fourth-order valence-electron chi connectivity index (χ4n) is 2.61. The number of aromatic nitrogens is 1. The lowest BCUT2D eigenvalue weighted by Gasteiger charge is -2.27. The average molecular weight is 282 g/mol. The number of anilines is 1. The van der Waals surface area contributed by atoms with E-state index in [1.165, 1.54) is 0 Å². The molecule has 0 bridgehead atoms. The van der Waals surface area contributed by atoms with Crippen LogP contribution < -0.4 is 5.32 Å². The lowest BCUT2D eigenvalue weighted by molar-refractivity contribution is 0.0696. The number of carbonyl (C=O) groups is 1. The van der Waals surface area contributed by atoms with Gasteiger partial charge >= 0.3 is 0 Å². The van der Waals surface area contributed by atoms with E-state index in [1.54, 1.807) is 19.2 Å². The van der Waals surface area contributed by atoms with Crippen molar-refractivity contribution in [3.05, 3.63) is 22.8 Å². The standard InChI is InChI=1S/C14H20ClN3O/c1-9(2)11-5-4-8-18(11)14(19)13-10(15)6-7-12(16-3)17-13/h6-7,9,11H,4-5,8H2,1-3H3,(H,16,17). The molecule has 1 aromatic rings. The molecule has 1 aliphatic rings. The Kier molecular flexibility index (Phi) is 4.30. The summed E-state index contributed by atoms with van der Waals surface area (Å²) < 4.78 is 0. The highest BCUT2D eigenvalue weighted by atomic mass is 35.5. The smallest absolute Gasteiger partial charge is 0.274 e. The van der Waals surface area contributed by atoms with Crippen molar-refractivity contribution in [2.45, 2.75) is 32.7 Å². The van der Waals surface area contributed by atoms with E-state index in [0.717, 1.165) is 19.4 Å². The van der Waals surface area contributed by atoms with Gasteiger partial charge in [-0.2, -0.15) is 0 Å². The highest BCUT2D eigenvalue weighted by Crippen LogP contribution is 2.27. The van der Waals surface area contributed by atoms with E-state index in [2.05, 4.69) is 24.1 Å². The first-order valence-electron chi connectivity index (χ1n) is 6.70. The maximum absolute atomic E-state index is 12.6. The van der Waals surface area contributed by atoms with Gasteiger partial charge in [-0.05, 0) is 30.9 Å². The normalized spacial score (nSPS) is 19.0. The van der Waals surface area contributed by atoms with E-state index in [9.17, 15) is 4.79 Å². The van der Waals surface area contributed by atoms with Crippen LogP contribution in [0.2, 0.25) is 5.02 Å². The van der Waals surface area contributed by atoms with Gasteiger partial charge < -0.3 is 10.2 Å². The summed E-state index contributed by atoms with van der Waals surface area (Å²) in [5.41, 5.74) is 0.348. The van der Waals surface area contributed by atoms with Crippen LogP contribution in [0.5, 0.6) is 0 Å². The van der Waals surface area contributed by atoms with Gasteiger partial charge in [0, 0.05) is 19.6 Å². The molecule has 1 unspecified atom stereocenters. The molecule has 1 saturated heterocycles. The van der Waals surface area contributed by atoms with Gasteiger partial charge in [0.1, 0.15) is 11.5 Å². The maximum Gasteiger partial charge on any atom is 0.274 e. The van der Waals surface area contributed by atoms with E-state index in [4.69, 9.17) is 11.6 Å². The predicted octanol–water partition coefficient (Wildman–Crippen LogP) is 3.04. The Morgan fingerprint density at radius 2 is 2.26 bits per heavy atom. The minimum absolute atomic E-state index is 0.0571. The number of likely N-dealkylation sites (tertiary alicyclic amines) is 1. The highest BCUT2D eigenvalue weighted by molar-refractivity contribution is 6.33. The Hall–Kier alpha value is -1.29. The zero-order valence-corrected chi connectivity index (χ0v) is 12.4. The monoisotopic (exact) mass is 281 g/mol. The molecule has 1 fully saturated rings. The van der Waals surface area contributed by atoms with Gasteiger partial charge in [0.05, 0.1) is 5.02 Å². The van der Waals surface area contributed by atoms with Gasteiger partial charge in [0.15, 0.2) is 0 Å². The fraction of sp³-hybridized carbons (Fsp3) is 0.571. The van der Waals surface area contributed by atoms with Crippen molar-refractivity contribution in [3.8, 4) is 0 Å². The Bertz CT molecular complexity index is 476. The van der Waals surface area contributed by atoms with Crippen molar-refractivity contribution in [1.29, 1.82) is 0 Å². The van der Waals surface area contributed by atoms with Gasteiger partial charge in [-0.1, -0.05) is 25.4 Å². The average Bonchev–Trinajstić information content (AvgIpc) is 2.88. The summed E-state index contributed by atoms with van der Waals surface area (Å²) in [5.74, 6) is 1.06. The number of pyridine rings is 1. The van der Waals surface area contributed by atoms with E-state index in [-0.39, 0.29) is 5.91 Å². The summed E-state index contributed by atoms with van der Waals surface area (Å²) in [4.78, 5) is 18.8. The van der Waals surface area contributed by atoms with Gasteiger partial charge in [-0.3, -0.25) is 4.79 Å². The third-order valence-electron chi connectivity index (χ3n) is 3.63. The summed E-state index contributed by atoms with van der Waals surface area (Å²) in [5, 5.41) is 3.35. The number of halogens is 1.